The molecule has 1 aliphatic heterocycles. The van der Waals surface area contributed by atoms with E-state index >= 15 is 0 Å². The van der Waals surface area contributed by atoms with Crippen molar-refractivity contribution in [3.63, 3.8) is 0 Å². The van der Waals surface area contributed by atoms with E-state index < -0.39 is 7.52 Å². The van der Waals surface area contributed by atoms with Crippen LogP contribution in [0.5, 0.6) is 17.2 Å². The Hall–Kier alpha value is -2.13. The van der Waals surface area contributed by atoms with Crippen LogP contribution in [0.1, 0.15) is 0 Å². The van der Waals surface area contributed by atoms with Gasteiger partial charge in [0.05, 0.1) is 0 Å². The van der Waals surface area contributed by atoms with E-state index in [9.17, 15) is 4.57 Å². The first-order valence-corrected chi connectivity index (χ1v) is 8.70. The zero-order chi connectivity index (χ0) is 14.7. The fraction of sp³-hybridized carbons (Fsp3) is 0.200. The van der Waals surface area contributed by atoms with Crippen molar-refractivity contribution in [1.82, 2.24) is 0 Å². The molecule has 1 atom stereocenters. The molecule has 0 fully saturated rings. The second kappa shape index (κ2) is 5.70. The highest BCUT2D eigenvalue weighted by molar-refractivity contribution is 7.60. The summed E-state index contributed by atoms with van der Waals surface area (Å²) in [7, 11) is -3.02. The molecule has 0 saturated carbocycles. The number of hydrogen-bond donors (Lipinski definition) is 1. The number of anilines is 1. The zero-order valence-corrected chi connectivity index (χ0v) is 12.5. The molecule has 0 bridgehead atoms. The normalized spacial score (nSPS) is 15.9. The van der Waals surface area contributed by atoms with E-state index in [0.717, 1.165) is 0 Å². The van der Waals surface area contributed by atoms with Crippen LogP contribution in [0.4, 0.5) is 5.69 Å². The van der Waals surface area contributed by atoms with Gasteiger partial charge in [0.2, 0.25) is 0 Å². The third-order valence-corrected chi connectivity index (χ3v) is 4.12. The second-order valence-electron chi connectivity index (χ2n) is 4.72. The van der Waals surface area contributed by atoms with Gasteiger partial charge in [-0.2, -0.15) is 0 Å². The van der Waals surface area contributed by atoms with Crippen LogP contribution in [-0.4, -0.2) is 19.9 Å². The van der Waals surface area contributed by atoms with Crippen LogP contribution in [0.15, 0.2) is 48.5 Å². The van der Waals surface area contributed by atoms with Gasteiger partial charge in [-0.25, -0.2) is 0 Å². The molecular weight excluding hydrogens is 289 g/mol. The third-order valence-electron chi connectivity index (χ3n) is 2.90. The van der Waals surface area contributed by atoms with Crippen molar-refractivity contribution in [3.05, 3.63) is 48.5 Å². The van der Waals surface area contributed by atoms with Gasteiger partial charge >= 0.3 is 7.52 Å². The zero-order valence-electron chi connectivity index (χ0n) is 11.6. The summed E-state index contributed by atoms with van der Waals surface area (Å²) in [6, 6.07) is 14.4. The molecule has 0 spiro atoms. The van der Waals surface area contributed by atoms with E-state index in [1.54, 1.807) is 30.3 Å². The molecular formula is C15H16NO4P. The van der Waals surface area contributed by atoms with Crippen LogP contribution < -0.4 is 19.1 Å². The highest BCUT2D eigenvalue weighted by Crippen LogP contribution is 2.44. The number of hydrogen-bond acceptors (Lipinski definition) is 4. The lowest BCUT2D eigenvalue weighted by atomic mass is 10.3. The van der Waals surface area contributed by atoms with Crippen molar-refractivity contribution in [2.24, 2.45) is 0 Å². The maximum Gasteiger partial charge on any atom is 0.338 e. The highest BCUT2D eigenvalue weighted by atomic mass is 31.2. The summed E-state index contributed by atoms with van der Waals surface area (Å²) in [4.78, 5) is 0. The Morgan fingerprint density at radius 1 is 1.05 bits per heavy atom. The lowest BCUT2D eigenvalue weighted by Crippen LogP contribution is -2.15. The molecule has 0 saturated heterocycles. The Kier molecular flexibility index (Phi) is 3.76. The molecule has 6 heteroatoms. The number of rotatable bonds is 4. The van der Waals surface area contributed by atoms with Crippen LogP contribution >= 0.6 is 7.52 Å². The topological polar surface area (TPSA) is 56.8 Å². The number of nitrogens with one attached hydrogen (secondary N) is 1. The van der Waals surface area contributed by atoms with Gasteiger partial charge in [-0.3, -0.25) is 4.57 Å². The van der Waals surface area contributed by atoms with E-state index in [-0.39, 0.29) is 0 Å². The van der Waals surface area contributed by atoms with Crippen molar-refractivity contribution in [2.75, 3.05) is 25.0 Å². The van der Waals surface area contributed by atoms with E-state index in [1.165, 1.54) is 6.66 Å². The third kappa shape index (κ3) is 3.50. The van der Waals surface area contributed by atoms with Crippen molar-refractivity contribution in [3.8, 4) is 17.2 Å². The number of fused-ring (bicyclic) bond motifs is 1. The summed E-state index contributed by atoms with van der Waals surface area (Å²) >= 11 is 0. The average molecular weight is 305 g/mol. The van der Waals surface area contributed by atoms with Gasteiger partial charge in [-0.15, -0.1) is 0 Å². The Labute approximate surface area is 123 Å². The van der Waals surface area contributed by atoms with E-state index in [1.807, 2.05) is 18.2 Å². The van der Waals surface area contributed by atoms with Gasteiger partial charge < -0.3 is 19.1 Å². The van der Waals surface area contributed by atoms with Gasteiger partial charge in [0.15, 0.2) is 11.5 Å². The maximum atomic E-state index is 12.5. The molecule has 1 N–H and O–H groups in total. The maximum absolute atomic E-state index is 12.5. The molecule has 2 aromatic carbocycles. The van der Waals surface area contributed by atoms with Crippen molar-refractivity contribution in [2.45, 2.75) is 0 Å². The standard InChI is InChI=1S/C15H16NO4P/c1-21(17,20-13-5-3-2-4-6-13)16-12-7-8-14-15(11-12)19-10-9-18-14/h2-8,11H,9-10H2,1H3,(H,16,17)/t21-/m1/s1. The fourth-order valence-corrected chi connectivity index (χ4v) is 3.23. The summed E-state index contributed by atoms with van der Waals surface area (Å²) < 4.78 is 29.0. The Bertz CT molecular complexity index is 675. The van der Waals surface area contributed by atoms with Gasteiger partial charge in [0.1, 0.15) is 19.0 Å². The minimum Gasteiger partial charge on any atom is -0.486 e. The van der Waals surface area contributed by atoms with E-state index in [2.05, 4.69) is 5.09 Å². The summed E-state index contributed by atoms with van der Waals surface area (Å²) in [5.41, 5.74) is 0.668. The van der Waals surface area contributed by atoms with E-state index in [0.29, 0.717) is 36.1 Å². The van der Waals surface area contributed by atoms with E-state index in [4.69, 9.17) is 14.0 Å². The summed E-state index contributed by atoms with van der Waals surface area (Å²) in [5, 5.41) is 2.91. The summed E-state index contributed by atoms with van der Waals surface area (Å²) in [6.07, 6.45) is 0. The molecule has 5 nitrogen and oxygen atoms in total. The molecule has 0 unspecified atom stereocenters. The predicted molar refractivity (Wildman–Crippen MR) is 81.7 cm³/mol. The number of para-hydroxylation sites is 1. The Morgan fingerprint density at radius 2 is 1.76 bits per heavy atom. The van der Waals surface area contributed by atoms with Gasteiger partial charge in [-0.05, 0) is 24.3 Å². The van der Waals surface area contributed by atoms with Crippen LogP contribution in [-0.2, 0) is 4.57 Å². The van der Waals surface area contributed by atoms with Crippen molar-refractivity contribution < 1.29 is 18.6 Å². The predicted octanol–water partition coefficient (Wildman–Crippen LogP) is 3.77. The first-order chi connectivity index (χ1) is 10.1. The quantitative estimate of drug-likeness (QED) is 0.871. The molecule has 1 heterocycles. The number of ether oxygens (including phenoxy) is 2. The molecule has 2 aromatic rings. The monoisotopic (exact) mass is 305 g/mol. The van der Waals surface area contributed by atoms with Crippen molar-refractivity contribution in [1.29, 1.82) is 0 Å². The lowest BCUT2D eigenvalue weighted by molar-refractivity contribution is 0.171. The number of benzene rings is 2. The average Bonchev–Trinajstić information content (AvgIpc) is 2.47. The highest BCUT2D eigenvalue weighted by Gasteiger charge is 2.19. The largest absolute Gasteiger partial charge is 0.486 e. The van der Waals surface area contributed by atoms with Crippen LogP contribution in [0, 0.1) is 0 Å². The SMILES string of the molecule is C[P@](=O)(Nc1ccc2c(c1)OCCO2)Oc1ccccc1. The molecule has 110 valence electrons. The second-order valence-corrected chi connectivity index (χ2v) is 6.82. The first-order valence-electron chi connectivity index (χ1n) is 6.62. The minimum absolute atomic E-state index is 0.515. The molecule has 1 aliphatic rings. The van der Waals surface area contributed by atoms with Gasteiger partial charge in [-0.1, -0.05) is 18.2 Å². The lowest BCUT2D eigenvalue weighted by Gasteiger charge is -2.21. The fourth-order valence-electron chi connectivity index (χ4n) is 2.05. The van der Waals surface area contributed by atoms with Crippen LogP contribution in [0.2, 0.25) is 0 Å². The Balaban J connectivity index is 1.74. The first kappa shape index (κ1) is 13.8. The minimum atomic E-state index is -3.02. The summed E-state index contributed by atoms with van der Waals surface area (Å²) in [5.74, 6) is 1.90. The summed E-state index contributed by atoms with van der Waals surface area (Å²) in [6.45, 7) is 2.60. The van der Waals surface area contributed by atoms with Crippen LogP contribution in [0.25, 0.3) is 0 Å². The molecule has 0 radical (unpaired) electrons. The molecule has 21 heavy (non-hydrogen) atoms. The molecule has 0 aromatic heterocycles. The van der Waals surface area contributed by atoms with Gasteiger partial charge in [0.25, 0.3) is 0 Å². The van der Waals surface area contributed by atoms with Crippen molar-refractivity contribution >= 4 is 13.2 Å². The molecule has 0 amide bonds. The Morgan fingerprint density at radius 3 is 2.52 bits per heavy atom. The molecule has 0 aliphatic carbocycles. The smallest absolute Gasteiger partial charge is 0.338 e. The molecule has 3 rings (SSSR count). The van der Waals surface area contributed by atoms with Crippen LogP contribution in [0.3, 0.4) is 0 Å². The van der Waals surface area contributed by atoms with Gasteiger partial charge in [0, 0.05) is 18.4 Å².